The molecule has 2 aromatic rings. The first-order chi connectivity index (χ1) is 11.2. The van der Waals surface area contributed by atoms with Crippen molar-refractivity contribution in [2.75, 3.05) is 16.8 Å². The number of carbonyl (C=O) groups excluding carboxylic acids is 2. The molecule has 0 unspecified atom stereocenters. The third-order valence-corrected chi connectivity index (χ3v) is 5.46. The normalized spacial score (nSPS) is 19.9. The van der Waals surface area contributed by atoms with Crippen LogP contribution >= 0.6 is 11.3 Å². The van der Waals surface area contributed by atoms with E-state index < -0.39 is 0 Å². The fraction of sp³-hybridized carbons (Fsp3) is 0.353. The van der Waals surface area contributed by atoms with Crippen molar-refractivity contribution in [3.63, 3.8) is 0 Å². The average Bonchev–Trinajstić information content (AvgIpc) is 3.22. The molecule has 1 fully saturated rings. The lowest BCUT2D eigenvalue weighted by atomic mass is 10.1. The van der Waals surface area contributed by atoms with Gasteiger partial charge in [-0.15, -0.1) is 11.3 Å². The van der Waals surface area contributed by atoms with Gasteiger partial charge in [0.1, 0.15) is 0 Å². The fourth-order valence-corrected chi connectivity index (χ4v) is 4.24. The Balaban J connectivity index is 1.44. The molecule has 1 aromatic heterocycles. The minimum absolute atomic E-state index is 0.00187. The molecular formula is C17H17N3O2S. The molecule has 0 bridgehead atoms. The van der Waals surface area contributed by atoms with Crippen LogP contribution in [0.25, 0.3) is 0 Å². The number of benzene rings is 1. The maximum Gasteiger partial charge on any atom is 0.231 e. The van der Waals surface area contributed by atoms with E-state index in [2.05, 4.69) is 10.3 Å². The predicted octanol–water partition coefficient (Wildman–Crippen LogP) is 2.62. The van der Waals surface area contributed by atoms with Crippen molar-refractivity contribution in [1.82, 2.24) is 4.98 Å². The SMILES string of the molecule is O=C(Nc1nc2c(s1)CCC2)[C@H]1CC(=O)N(c2ccccc2)C1. The zero-order chi connectivity index (χ0) is 15.8. The third kappa shape index (κ3) is 2.74. The first-order valence-electron chi connectivity index (χ1n) is 7.85. The second-order valence-corrected chi connectivity index (χ2v) is 7.06. The second kappa shape index (κ2) is 5.77. The molecule has 1 aliphatic heterocycles. The van der Waals surface area contributed by atoms with Crippen LogP contribution in [-0.4, -0.2) is 23.3 Å². The Morgan fingerprint density at radius 3 is 2.87 bits per heavy atom. The lowest BCUT2D eigenvalue weighted by Gasteiger charge is -2.16. The van der Waals surface area contributed by atoms with E-state index >= 15 is 0 Å². The van der Waals surface area contributed by atoms with Crippen molar-refractivity contribution in [1.29, 1.82) is 0 Å². The topological polar surface area (TPSA) is 62.3 Å². The van der Waals surface area contributed by atoms with Gasteiger partial charge in [-0.25, -0.2) is 4.98 Å². The van der Waals surface area contributed by atoms with Gasteiger partial charge in [-0.2, -0.15) is 0 Å². The number of amides is 2. The van der Waals surface area contributed by atoms with E-state index in [1.165, 1.54) is 4.88 Å². The summed E-state index contributed by atoms with van der Waals surface area (Å²) in [5.41, 5.74) is 1.97. The average molecular weight is 327 g/mol. The number of anilines is 2. The molecule has 2 amide bonds. The Hall–Kier alpha value is -2.21. The number of rotatable bonds is 3. The van der Waals surface area contributed by atoms with Crippen molar-refractivity contribution in [3.8, 4) is 0 Å². The Labute approximate surface area is 138 Å². The molecule has 1 atom stereocenters. The Morgan fingerprint density at radius 2 is 2.09 bits per heavy atom. The van der Waals surface area contributed by atoms with Crippen molar-refractivity contribution < 1.29 is 9.59 Å². The quantitative estimate of drug-likeness (QED) is 0.942. The Kier molecular flexibility index (Phi) is 3.61. The number of hydrogen-bond acceptors (Lipinski definition) is 4. The van der Waals surface area contributed by atoms with Gasteiger partial charge in [0.25, 0.3) is 0 Å². The van der Waals surface area contributed by atoms with Crippen LogP contribution in [0.5, 0.6) is 0 Å². The summed E-state index contributed by atoms with van der Waals surface area (Å²) in [7, 11) is 0. The first kappa shape index (κ1) is 14.4. The third-order valence-electron chi connectivity index (χ3n) is 4.39. The minimum Gasteiger partial charge on any atom is -0.312 e. The maximum absolute atomic E-state index is 12.4. The number of hydrogen-bond donors (Lipinski definition) is 1. The molecule has 4 rings (SSSR count). The molecule has 118 valence electrons. The van der Waals surface area contributed by atoms with E-state index in [4.69, 9.17) is 0 Å². The molecule has 2 aliphatic rings. The van der Waals surface area contributed by atoms with Gasteiger partial charge in [0.05, 0.1) is 11.6 Å². The highest BCUT2D eigenvalue weighted by Gasteiger charge is 2.35. The molecule has 0 spiro atoms. The van der Waals surface area contributed by atoms with Crippen LogP contribution in [0.4, 0.5) is 10.8 Å². The van der Waals surface area contributed by atoms with Crippen LogP contribution in [0.1, 0.15) is 23.4 Å². The molecule has 1 aromatic carbocycles. The molecule has 6 heteroatoms. The van der Waals surface area contributed by atoms with Gasteiger partial charge < -0.3 is 10.2 Å². The molecule has 1 N–H and O–H groups in total. The van der Waals surface area contributed by atoms with Crippen LogP contribution in [0.3, 0.4) is 0 Å². The summed E-state index contributed by atoms with van der Waals surface area (Å²) in [5, 5.41) is 3.57. The zero-order valence-corrected chi connectivity index (χ0v) is 13.4. The van der Waals surface area contributed by atoms with E-state index in [1.54, 1.807) is 16.2 Å². The van der Waals surface area contributed by atoms with E-state index in [1.807, 2.05) is 30.3 Å². The van der Waals surface area contributed by atoms with Gasteiger partial charge in [0, 0.05) is 23.5 Å². The van der Waals surface area contributed by atoms with Crippen LogP contribution in [0, 0.1) is 5.92 Å². The van der Waals surface area contributed by atoms with Gasteiger partial charge in [0.15, 0.2) is 5.13 Å². The molecule has 2 heterocycles. The van der Waals surface area contributed by atoms with Crippen LogP contribution in [0.2, 0.25) is 0 Å². The summed E-state index contributed by atoms with van der Waals surface area (Å²) >= 11 is 1.57. The molecule has 23 heavy (non-hydrogen) atoms. The summed E-state index contributed by atoms with van der Waals surface area (Å²) in [6.45, 7) is 0.430. The number of para-hydroxylation sites is 1. The molecule has 1 aliphatic carbocycles. The van der Waals surface area contributed by atoms with Crippen molar-refractivity contribution in [2.24, 2.45) is 5.92 Å². The summed E-state index contributed by atoms with van der Waals surface area (Å²) < 4.78 is 0. The Bertz CT molecular complexity index is 735. The first-order valence-corrected chi connectivity index (χ1v) is 8.67. The molecule has 1 saturated heterocycles. The highest BCUT2D eigenvalue weighted by atomic mass is 32.1. The lowest BCUT2D eigenvalue weighted by molar-refractivity contribution is -0.122. The lowest BCUT2D eigenvalue weighted by Crippen LogP contribution is -2.28. The van der Waals surface area contributed by atoms with Crippen molar-refractivity contribution in [3.05, 3.63) is 40.9 Å². The molecule has 5 nitrogen and oxygen atoms in total. The van der Waals surface area contributed by atoms with Crippen molar-refractivity contribution in [2.45, 2.75) is 25.7 Å². The van der Waals surface area contributed by atoms with Gasteiger partial charge >= 0.3 is 0 Å². The largest absolute Gasteiger partial charge is 0.312 e. The fourth-order valence-electron chi connectivity index (χ4n) is 3.19. The van der Waals surface area contributed by atoms with E-state index in [0.29, 0.717) is 11.7 Å². The number of carbonyl (C=O) groups is 2. The summed E-state index contributed by atoms with van der Waals surface area (Å²) in [6, 6.07) is 9.49. The van der Waals surface area contributed by atoms with Crippen LogP contribution in [-0.2, 0) is 22.4 Å². The zero-order valence-electron chi connectivity index (χ0n) is 12.6. The second-order valence-electron chi connectivity index (χ2n) is 5.97. The summed E-state index contributed by atoms with van der Waals surface area (Å²) in [4.78, 5) is 32.1. The maximum atomic E-state index is 12.4. The van der Waals surface area contributed by atoms with Gasteiger partial charge in [-0.05, 0) is 31.4 Å². The van der Waals surface area contributed by atoms with Crippen LogP contribution < -0.4 is 10.2 Å². The number of thiazole rings is 1. The summed E-state index contributed by atoms with van der Waals surface area (Å²) in [6.07, 6.45) is 3.48. The van der Waals surface area contributed by atoms with Gasteiger partial charge in [0.2, 0.25) is 11.8 Å². The highest BCUT2D eigenvalue weighted by Crippen LogP contribution is 2.31. The molecular weight excluding hydrogens is 310 g/mol. The monoisotopic (exact) mass is 327 g/mol. The number of nitrogens with one attached hydrogen (secondary N) is 1. The van der Waals surface area contributed by atoms with Crippen molar-refractivity contribution >= 4 is 34.0 Å². The number of fused-ring (bicyclic) bond motifs is 1. The number of aryl methyl sites for hydroxylation is 2. The van der Waals surface area contributed by atoms with Gasteiger partial charge in [-0.3, -0.25) is 9.59 Å². The van der Waals surface area contributed by atoms with Crippen LogP contribution in [0.15, 0.2) is 30.3 Å². The molecule has 0 saturated carbocycles. The predicted molar refractivity (Wildman–Crippen MR) is 89.7 cm³/mol. The number of nitrogens with zero attached hydrogens (tertiary/aromatic N) is 2. The van der Waals surface area contributed by atoms with Gasteiger partial charge in [-0.1, -0.05) is 18.2 Å². The standard InChI is InChI=1S/C17H17N3O2S/c21-15-9-11(10-20(15)12-5-2-1-3-6-12)16(22)19-17-18-13-7-4-8-14(13)23-17/h1-3,5-6,11H,4,7-10H2,(H,18,19,22)/t11-/m0/s1. The Morgan fingerprint density at radius 1 is 1.26 bits per heavy atom. The number of aromatic nitrogens is 1. The highest BCUT2D eigenvalue weighted by molar-refractivity contribution is 7.15. The smallest absolute Gasteiger partial charge is 0.231 e. The van der Waals surface area contributed by atoms with E-state index in [-0.39, 0.29) is 24.2 Å². The van der Waals surface area contributed by atoms with E-state index in [9.17, 15) is 9.59 Å². The summed E-state index contributed by atoms with van der Waals surface area (Å²) in [5.74, 6) is -0.427. The van der Waals surface area contributed by atoms with E-state index in [0.717, 1.165) is 30.6 Å². The minimum atomic E-state index is -0.318. The molecule has 0 radical (unpaired) electrons.